The summed E-state index contributed by atoms with van der Waals surface area (Å²) in [5, 5.41) is 4.04. The van der Waals surface area contributed by atoms with Crippen LogP contribution in [0.1, 0.15) is 36.7 Å². The van der Waals surface area contributed by atoms with E-state index in [2.05, 4.69) is 17.1 Å². The first-order valence-corrected chi connectivity index (χ1v) is 6.83. The van der Waals surface area contributed by atoms with E-state index in [0.717, 1.165) is 24.3 Å². The molecule has 0 saturated carbocycles. The van der Waals surface area contributed by atoms with E-state index >= 15 is 0 Å². The van der Waals surface area contributed by atoms with Gasteiger partial charge in [0.2, 0.25) is 0 Å². The molecule has 0 spiro atoms. The quantitative estimate of drug-likeness (QED) is 0.858. The molecule has 2 heterocycles. The lowest BCUT2D eigenvalue weighted by Gasteiger charge is -2.07. The van der Waals surface area contributed by atoms with Crippen molar-refractivity contribution in [1.82, 2.24) is 10.1 Å². The molecule has 0 radical (unpaired) electrons. The summed E-state index contributed by atoms with van der Waals surface area (Å²) in [5.41, 5.74) is 1.12. The lowest BCUT2D eigenvalue weighted by molar-refractivity contribution is 0.0661. The molecule has 1 aliphatic rings. The molecule has 0 unspecified atom stereocenters. The van der Waals surface area contributed by atoms with Crippen molar-refractivity contribution in [2.24, 2.45) is 5.92 Å². The van der Waals surface area contributed by atoms with Gasteiger partial charge in [-0.3, -0.25) is 0 Å². The van der Waals surface area contributed by atoms with E-state index in [1.54, 1.807) is 7.11 Å². The van der Waals surface area contributed by atoms with Gasteiger partial charge in [-0.05, 0) is 30.0 Å². The number of rotatable bonds is 4. The lowest BCUT2D eigenvalue weighted by Crippen LogP contribution is -2.04. The van der Waals surface area contributed by atoms with E-state index in [1.165, 1.54) is 0 Å². The maximum Gasteiger partial charge on any atom is 0.256 e. The molecule has 0 N–H and O–H groups in total. The van der Waals surface area contributed by atoms with Crippen LogP contribution >= 0.6 is 0 Å². The summed E-state index contributed by atoms with van der Waals surface area (Å²) < 4.78 is 16.1. The highest BCUT2D eigenvalue weighted by molar-refractivity contribution is 5.28. The van der Waals surface area contributed by atoms with Crippen LogP contribution in [-0.2, 0) is 11.2 Å². The van der Waals surface area contributed by atoms with Crippen LogP contribution in [0.15, 0.2) is 28.8 Å². The summed E-state index contributed by atoms with van der Waals surface area (Å²) >= 11 is 0. The Balaban J connectivity index is 1.70. The van der Waals surface area contributed by atoms with Crippen molar-refractivity contribution >= 4 is 0 Å². The standard InChI is InChI=1S/C15H18N2O3/c1-10-7-8-19-14(10)15-16-13(17-20-15)9-11-3-5-12(18-2)6-4-11/h3-6,10,14H,7-9H2,1-2H3/t10-,14+/m1/s1. The van der Waals surface area contributed by atoms with Gasteiger partial charge < -0.3 is 14.0 Å². The summed E-state index contributed by atoms with van der Waals surface area (Å²) in [6, 6.07) is 7.87. The smallest absolute Gasteiger partial charge is 0.256 e. The third-order valence-corrected chi connectivity index (χ3v) is 3.64. The Bertz CT molecular complexity index is 565. The predicted molar refractivity (Wildman–Crippen MR) is 72.6 cm³/mol. The molecule has 5 heteroatoms. The highest BCUT2D eigenvalue weighted by Crippen LogP contribution is 2.33. The number of hydrogen-bond donors (Lipinski definition) is 0. The number of aromatic nitrogens is 2. The second-order valence-electron chi connectivity index (χ2n) is 5.13. The molecule has 20 heavy (non-hydrogen) atoms. The molecule has 1 saturated heterocycles. The fourth-order valence-corrected chi connectivity index (χ4v) is 2.39. The minimum absolute atomic E-state index is 0.0490. The molecular formula is C15H18N2O3. The van der Waals surface area contributed by atoms with Crippen LogP contribution in [-0.4, -0.2) is 23.9 Å². The molecule has 0 aliphatic carbocycles. The summed E-state index contributed by atoms with van der Waals surface area (Å²) in [6.07, 6.45) is 1.64. The number of methoxy groups -OCH3 is 1. The van der Waals surface area contributed by atoms with Gasteiger partial charge in [0.1, 0.15) is 11.9 Å². The molecule has 0 amide bonds. The largest absolute Gasteiger partial charge is 0.497 e. The van der Waals surface area contributed by atoms with Crippen molar-refractivity contribution in [1.29, 1.82) is 0 Å². The third-order valence-electron chi connectivity index (χ3n) is 3.64. The molecule has 2 atom stereocenters. The number of benzene rings is 1. The average molecular weight is 274 g/mol. The van der Waals surface area contributed by atoms with E-state index in [-0.39, 0.29) is 6.10 Å². The van der Waals surface area contributed by atoms with Crippen molar-refractivity contribution < 1.29 is 14.0 Å². The van der Waals surface area contributed by atoms with E-state index < -0.39 is 0 Å². The van der Waals surface area contributed by atoms with Crippen molar-refractivity contribution in [2.45, 2.75) is 25.9 Å². The zero-order chi connectivity index (χ0) is 13.9. The van der Waals surface area contributed by atoms with E-state index in [0.29, 0.717) is 24.1 Å². The monoisotopic (exact) mass is 274 g/mol. The Morgan fingerprint density at radius 1 is 1.30 bits per heavy atom. The van der Waals surface area contributed by atoms with Crippen molar-refractivity contribution in [3.05, 3.63) is 41.5 Å². The lowest BCUT2D eigenvalue weighted by atomic mass is 10.0. The van der Waals surface area contributed by atoms with Crippen LogP contribution in [0.2, 0.25) is 0 Å². The Hall–Kier alpha value is -1.88. The Labute approximate surface area is 117 Å². The Morgan fingerprint density at radius 3 is 2.75 bits per heavy atom. The molecule has 1 aromatic heterocycles. The minimum atomic E-state index is -0.0490. The van der Waals surface area contributed by atoms with Crippen LogP contribution in [0.25, 0.3) is 0 Å². The predicted octanol–water partition coefficient (Wildman–Crippen LogP) is 2.77. The van der Waals surface area contributed by atoms with Crippen LogP contribution in [0, 0.1) is 5.92 Å². The van der Waals surface area contributed by atoms with E-state index in [9.17, 15) is 0 Å². The molecular weight excluding hydrogens is 256 g/mol. The minimum Gasteiger partial charge on any atom is -0.497 e. The van der Waals surface area contributed by atoms with Gasteiger partial charge in [0.05, 0.1) is 7.11 Å². The molecule has 2 aromatic rings. The van der Waals surface area contributed by atoms with Crippen LogP contribution in [0.4, 0.5) is 0 Å². The van der Waals surface area contributed by atoms with Gasteiger partial charge in [-0.2, -0.15) is 4.98 Å². The first-order valence-electron chi connectivity index (χ1n) is 6.83. The van der Waals surface area contributed by atoms with E-state index in [4.69, 9.17) is 14.0 Å². The molecule has 1 fully saturated rings. The van der Waals surface area contributed by atoms with Crippen LogP contribution in [0.3, 0.4) is 0 Å². The fraction of sp³-hybridized carbons (Fsp3) is 0.467. The first-order chi connectivity index (χ1) is 9.76. The first kappa shape index (κ1) is 13.1. The molecule has 106 valence electrons. The Kier molecular flexibility index (Phi) is 3.69. The summed E-state index contributed by atoms with van der Waals surface area (Å²) in [5.74, 6) is 2.56. The zero-order valence-electron chi connectivity index (χ0n) is 11.7. The fourth-order valence-electron chi connectivity index (χ4n) is 2.39. The third kappa shape index (κ3) is 2.67. The van der Waals surface area contributed by atoms with Gasteiger partial charge in [0, 0.05) is 13.0 Å². The van der Waals surface area contributed by atoms with Gasteiger partial charge in [-0.15, -0.1) is 0 Å². The second-order valence-corrected chi connectivity index (χ2v) is 5.13. The highest BCUT2D eigenvalue weighted by Gasteiger charge is 2.30. The number of nitrogens with zero attached hydrogens (tertiary/aromatic N) is 2. The van der Waals surface area contributed by atoms with E-state index in [1.807, 2.05) is 24.3 Å². The topological polar surface area (TPSA) is 57.4 Å². The van der Waals surface area contributed by atoms with Crippen molar-refractivity contribution in [3.63, 3.8) is 0 Å². The van der Waals surface area contributed by atoms with Crippen LogP contribution in [0.5, 0.6) is 5.75 Å². The maximum atomic E-state index is 5.63. The van der Waals surface area contributed by atoms with Crippen molar-refractivity contribution in [3.8, 4) is 5.75 Å². The Morgan fingerprint density at radius 2 is 2.10 bits per heavy atom. The summed E-state index contributed by atoms with van der Waals surface area (Å²) in [7, 11) is 1.66. The molecule has 1 aliphatic heterocycles. The molecule has 3 rings (SSSR count). The van der Waals surface area contributed by atoms with Gasteiger partial charge in [0.15, 0.2) is 5.82 Å². The highest BCUT2D eigenvalue weighted by atomic mass is 16.5. The summed E-state index contributed by atoms with van der Waals surface area (Å²) in [6.45, 7) is 2.91. The normalized spacial score (nSPS) is 22.1. The second kappa shape index (κ2) is 5.63. The molecule has 1 aromatic carbocycles. The molecule has 0 bridgehead atoms. The zero-order valence-corrected chi connectivity index (χ0v) is 11.7. The van der Waals surface area contributed by atoms with Crippen LogP contribution < -0.4 is 4.74 Å². The SMILES string of the molecule is COc1ccc(Cc2noc([C@H]3OCC[C@H]3C)n2)cc1. The van der Waals surface area contributed by atoms with Gasteiger partial charge >= 0.3 is 0 Å². The molecule has 5 nitrogen and oxygen atoms in total. The van der Waals surface area contributed by atoms with Gasteiger partial charge in [-0.1, -0.05) is 24.2 Å². The number of hydrogen-bond acceptors (Lipinski definition) is 5. The van der Waals surface area contributed by atoms with Gasteiger partial charge in [-0.25, -0.2) is 0 Å². The average Bonchev–Trinajstić information content (AvgIpc) is 3.08. The van der Waals surface area contributed by atoms with Crippen molar-refractivity contribution in [2.75, 3.05) is 13.7 Å². The summed E-state index contributed by atoms with van der Waals surface area (Å²) in [4.78, 5) is 4.45. The van der Waals surface area contributed by atoms with Gasteiger partial charge in [0.25, 0.3) is 5.89 Å². The maximum absolute atomic E-state index is 5.63. The number of ether oxygens (including phenoxy) is 2.